The molecule has 2 heterocycles. The molecular formula is C23H36IN5O. The van der Waals surface area contributed by atoms with E-state index in [0.29, 0.717) is 12.5 Å². The molecular weight excluding hydrogens is 489 g/mol. The molecule has 1 atom stereocenters. The minimum absolute atomic E-state index is 0. The highest BCUT2D eigenvalue weighted by Crippen LogP contribution is 2.17. The highest BCUT2D eigenvalue weighted by atomic mass is 127. The van der Waals surface area contributed by atoms with Gasteiger partial charge in [0.1, 0.15) is 0 Å². The quantitative estimate of drug-likeness (QED) is 0.233. The van der Waals surface area contributed by atoms with Crippen molar-refractivity contribution in [2.45, 2.75) is 46.8 Å². The molecule has 1 aromatic heterocycles. The molecule has 6 nitrogen and oxygen atoms in total. The molecule has 0 saturated carbocycles. The van der Waals surface area contributed by atoms with Crippen LogP contribution in [0.5, 0.6) is 0 Å². The summed E-state index contributed by atoms with van der Waals surface area (Å²) in [5.41, 5.74) is 3.54. The zero-order valence-corrected chi connectivity index (χ0v) is 20.8. The molecule has 166 valence electrons. The standard InChI is InChI=1S/C23H35N5O.HI/c1-4-24-23(25-12-8-13-28-20(3)15-19(2)26-28)27-14-11-22(16-27)18-29-17-21-9-6-5-7-10-21;/h5-7,9-10,15,22H,4,8,11-14,16-18H2,1-3H3,(H,24,25);1H. The molecule has 1 saturated heterocycles. The van der Waals surface area contributed by atoms with Gasteiger partial charge in [0, 0.05) is 44.3 Å². The van der Waals surface area contributed by atoms with Crippen LogP contribution in [-0.2, 0) is 17.9 Å². The fourth-order valence-electron chi connectivity index (χ4n) is 3.81. The first-order chi connectivity index (χ1) is 14.2. The largest absolute Gasteiger partial charge is 0.376 e. The van der Waals surface area contributed by atoms with Crippen LogP contribution in [0.25, 0.3) is 0 Å². The number of halogens is 1. The Balaban J connectivity index is 0.00000320. The molecule has 0 spiro atoms. The number of nitrogens with zero attached hydrogens (tertiary/aromatic N) is 4. The van der Waals surface area contributed by atoms with Gasteiger partial charge in [-0.15, -0.1) is 24.0 Å². The summed E-state index contributed by atoms with van der Waals surface area (Å²) in [5, 5.41) is 7.98. The lowest BCUT2D eigenvalue weighted by molar-refractivity contribution is 0.0907. The van der Waals surface area contributed by atoms with Crippen LogP contribution in [0, 0.1) is 19.8 Å². The van der Waals surface area contributed by atoms with E-state index in [2.05, 4.69) is 64.2 Å². The Morgan fingerprint density at radius 3 is 2.77 bits per heavy atom. The van der Waals surface area contributed by atoms with Gasteiger partial charge < -0.3 is 15.0 Å². The third kappa shape index (κ3) is 7.58. The summed E-state index contributed by atoms with van der Waals surface area (Å²) in [6.07, 6.45) is 2.15. The van der Waals surface area contributed by atoms with Crippen LogP contribution in [-0.4, -0.2) is 53.4 Å². The number of guanidine groups is 1. The minimum atomic E-state index is 0. The molecule has 0 aliphatic carbocycles. The molecule has 1 aliphatic heterocycles. The van der Waals surface area contributed by atoms with Gasteiger partial charge >= 0.3 is 0 Å². The van der Waals surface area contributed by atoms with E-state index in [4.69, 9.17) is 9.73 Å². The molecule has 0 radical (unpaired) electrons. The lowest BCUT2D eigenvalue weighted by Gasteiger charge is -2.21. The first-order valence-corrected chi connectivity index (χ1v) is 10.8. The average molecular weight is 525 g/mol. The Morgan fingerprint density at radius 1 is 1.27 bits per heavy atom. The van der Waals surface area contributed by atoms with Crippen molar-refractivity contribution in [2.24, 2.45) is 10.9 Å². The van der Waals surface area contributed by atoms with Crippen LogP contribution in [0.1, 0.15) is 36.7 Å². The number of rotatable bonds is 9. The molecule has 1 aliphatic rings. The first-order valence-electron chi connectivity index (χ1n) is 10.8. The normalized spacial score (nSPS) is 16.6. The Morgan fingerprint density at radius 2 is 2.07 bits per heavy atom. The molecule has 1 fully saturated rings. The van der Waals surface area contributed by atoms with Crippen molar-refractivity contribution >= 4 is 29.9 Å². The van der Waals surface area contributed by atoms with Crippen molar-refractivity contribution in [3.05, 3.63) is 53.3 Å². The van der Waals surface area contributed by atoms with Gasteiger partial charge in [-0.2, -0.15) is 5.10 Å². The Labute approximate surface area is 198 Å². The number of nitrogens with one attached hydrogen (secondary N) is 1. The maximum absolute atomic E-state index is 5.96. The lowest BCUT2D eigenvalue weighted by atomic mass is 10.1. The Bertz CT molecular complexity index is 777. The van der Waals surface area contributed by atoms with E-state index in [1.54, 1.807) is 0 Å². The molecule has 30 heavy (non-hydrogen) atoms. The van der Waals surface area contributed by atoms with Crippen molar-refractivity contribution in [2.75, 3.05) is 32.8 Å². The van der Waals surface area contributed by atoms with E-state index in [1.807, 2.05) is 13.0 Å². The molecule has 7 heteroatoms. The predicted octanol–water partition coefficient (Wildman–Crippen LogP) is 4.01. The number of hydrogen-bond acceptors (Lipinski definition) is 3. The number of aryl methyl sites for hydroxylation is 3. The van der Waals surface area contributed by atoms with Crippen LogP contribution in [0.2, 0.25) is 0 Å². The van der Waals surface area contributed by atoms with Crippen LogP contribution < -0.4 is 5.32 Å². The topological polar surface area (TPSA) is 54.7 Å². The second-order valence-corrected chi connectivity index (χ2v) is 7.84. The van der Waals surface area contributed by atoms with E-state index >= 15 is 0 Å². The third-order valence-electron chi connectivity index (χ3n) is 5.28. The highest BCUT2D eigenvalue weighted by molar-refractivity contribution is 14.0. The van der Waals surface area contributed by atoms with Crippen molar-refractivity contribution < 1.29 is 4.74 Å². The van der Waals surface area contributed by atoms with Gasteiger partial charge in [0.2, 0.25) is 0 Å². The Kier molecular flexibility index (Phi) is 10.6. The molecule has 1 unspecified atom stereocenters. The maximum Gasteiger partial charge on any atom is 0.193 e. The zero-order valence-electron chi connectivity index (χ0n) is 18.5. The van der Waals surface area contributed by atoms with Gasteiger partial charge in [-0.25, -0.2) is 0 Å². The summed E-state index contributed by atoms with van der Waals surface area (Å²) >= 11 is 0. The second kappa shape index (κ2) is 12.9. The van der Waals surface area contributed by atoms with Crippen LogP contribution in [0.15, 0.2) is 41.4 Å². The molecule has 0 bridgehead atoms. The predicted molar refractivity (Wildman–Crippen MR) is 133 cm³/mol. The number of aliphatic imine (C=N–C) groups is 1. The summed E-state index contributed by atoms with van der Waals surface area (Å²) in [7, 11) is 0. The van der Waals surface area contributed by atoms with E-state index in [1.165, 1.54) is 11.3 Å². The number of hydrogen-bond donors (Lipinski definition) is 1. The summed E-state index contributed by atoms with van der Waals surface area (Å²) in [6.45, 7) is 12.5. The van der Waals surface area contributed by atoms with Gasteiger partial charge in [0.25, 0.3) is 0 Å². The molecule has 0 amide bonds. The van der Waals surface area contributed by atoms with E-state index < -0.39 is 0 Å². The third-order valence-corrected chi connectivity index (χ3v) is 5.28. The summed E-state index contributed by atoms with van der Waals surface area (Å²) in [6, 6.07) is 12.5. The van der Waals surface area contributed by atoms with Gasteiger partial charge in [0.15, 0.2) is 5.96 Å². The molecule has 1 N–H and O–H groups in total. The van der Waals surface area contributed by atoms with Crippen LogP contribution >= 0.6 is 24.0 Å². The number of benzene rings is 1. The van der Waals surface area contributed by atoms with E-state index in [0.717, 1.165) is 63.8 Å². The first kappa shape index (κ1) is 24.7. The fraction of sp³-hybridized carbons (Fsp3) is 0.565. The summed E-state index contributed by atoms with van der Waals surface area (Å²) < 4.78 is 8.03. The lowest BCUT2D eigenvalue weighted by Crippen LogP contribution is -2.40. The van der Waals surface area contributed by atoms with Crippen molar-refractivity contribution in [3.8, 4) is 0 Å². The van der Waals surface area contributed by atoms with E-state index in [9.17, 15) is 0 Å². The minimum Gasteiger partial charge on any atom is -0.376 e. The SMILES string of the molecule is CCNC(=NCCCn1nc(C)cc1C)N1CCC(COCc2ccccc2)C1.I. The highest BCUT2D eigenvalue weighted by Gasteiger charge is 2.24. The number of aromatic nitrogens is 2. The monoisotopic (exact) mass is 525 g/mol. The maximum atomic E-state index is 5.96. The fourth-order valence-corrected chi connectivity index (χ4v) is 3.81. The van der Waals surface area contributed by atoms with Crippen LogP contribution in [0.3, 0.4) is 0 Å². The van der Waals surface area contributed by atoms with Crippen molar-refractivity contribution in [1.29, 1.82) is 0 Å². The van der Waals surface area contributed by atoms with E-state index in [-0.39, 0.29) is 24.0 Å². The van der Waals surface area contributed by atoms with Crippen molar-refractivity contribution in [3.63, 3.8) is 0 Å². The van der Waals surface area contributed by atoms with Gasteiger partial charge in [-0.1, -0.05) is 30.3 Å². The van der Waals surface area contributed by atoms with Gasteiger partial charge in [0.05, 0.1) is 18.9 Å². The Hall–Kier alpha value is -1.61. The van der Waals surface area contributed by atoms with Crippen molar-refractivity contribution in [1.82, 2.24) is 20.0 Å². The van der Waals surface area contributed by atoms with Gasteiger partial charge in [-0.05, 0) is 45.2 Å². The summed E-state index contributed by atoms with van der Waals surface area (Å²) in [5.74, 6) is 1.60. The molecule has 1 aromatic carbocycles. The summed E-state index contributed by atoms with van der Waals surface area (Å²) in [4.78, 5) is 7.24. The second-order valence-electron chi connectivity index (χ2n) is 7.84. The van der Waals surface area contributed by atoms with Gasteiger partial charge in [-0.3, -0.25) is 9.67 Å². The average Bonchev–Trinajstić information content (AvgIpc) is 3.31. The molecule has 3 rings (SSSR count). The molecule has 2 aromatic rings. The van der Waals surface area contributed by atoms with Crippen LogP contribution in [0.4, 0.5) is 0 Å². The zero-order chi connectivity index (χ0) is 20.5. The smallest absolute Gasteiger partial charge is 0.193 e. The number of likely N-dealkylation sites (tertiary alicyclic amines) is 1. The number of ether oxygens (including phenoxy) is 1.